The summed E-state index contributed by atoms with van der Waals surface area (Å²) in [5.41, 5.74) is 0.507. The molecule has 1 atom stereocenters. The zero-order valence-corrected chi connectivity index (χ0v) is 11.3. The molecule has 0 spiro atoms. The Morgan fingerprint density at radius 3 is 2.56 bits per heavy atom. The highest BCUT2D eigenvalue weighted by Crippen LogP contribution is 2.32. The van der Waals surface area contributed by atoms with E-state index in [4.69, 9.17) is 0 Å². The third kappa shape index (κ3) is 3.66. The number of unbranched alkanes of at least 4 members (excludes halogenated alkanes) is 1. The lowest BCUT2D eigenvalue weighted by Crippen LogP contribution is -2.18. The summed E-state index contributed by atoms with van der Waals surface area (Å²) in [6, 6.07) is 0. The zero-order chi connectivity index (χ0) is 12.0. The Balaban J connectivity index is 2.47. The van der Waals surface area contributed by atoms with Gasteiger partial charge in [0.1, 0.15) is 5.82 Å². The van der Waals surface area contributed by atoms with Crippen LogP contribution in [0.25, 0.3) is 0 Å². The normalized spacial score (nSPS) is 15.0. The minimum Gasteiger partial charge on any atom is -0.335 e. The van der Waals surface area contributed by atoms with E-state index in [2.05, 4.69) is 43.4 Å². The van der Waals surface area contributed by atoms with Crippen LogP contribution in [-0.2, 0) is 6.54 Å². The first kappa shape index (κ1) is 13.3. The molecule has 0 saturated heterocycles. The van der Waals surface area contributed by atoms with Crippen molar-refractivity contribution in [3.05, 3.63) is 18.2 Å². The highest BCUT2D eigenvalue weighted by atomic mass is 15.0. The summed E-state index contributed by atoms with van der Waals surface area (Å²) < 4.78 is 2.26. The summed E-state index contributed by atoms with van der Waals surface area (Å²) in [4.78, 5) is 4.27. The summed E-state index contributed by atoms with van der Waals surface area (Å²) in [5.74, 6) is 1.13. The van der Waals surface area contributed by atoms with E-state index in [0.717, 1.165) is 12.4 Å². The van der Waals surface area contributed by atoms with Gasteiger partial charge in [-0.15, -0.1) is 0 Å². The molecule has 1 aromatic heterocycles. The second kappa shape index (κ2) is 6.07. The van der Waals surface area contributed by atoms with Crippen molar-refractivity contribution in [1.82, 2.24) is 9.55 Å². The minimum atomic E-state index is 0.507. The van der Waals surface area contributed by atoms with E-state index >= 15 is 0 Å². The molecule has 16 heavy (non-hydrogen) atoms. The fourth-order valence-electron chi connectivity index (χ4n) is 2.11. The van der Waals surface area contributed by atoms with E-state index in [9.17, 15) is 0 Å². The largest absolute Gasteiger partial charge is 0.335 e. The maximum Gasteiger partial charge on any atom is 0.105 e. The Morgan fingerprint density at radius 2 is 2.06 bits per heavy atom. The molecule has 0 bridgehead atoms. The van der Waals surface area contributed by atoms with Gasteiger partial charge < -0.3 is 4.57 Å². The molecule has 0 saturated carbocycles. The van der Waals surface area contributed by atoms with Gasteiger partial charge in [0, 0.05) is 18.9 Å². The number of aryl methyl sites for hydroxylation is 2. The van der Waals surface area contributed by atoms with Crippen molar-refractivity contribution in [3.8, 4) is 0 Å². The smallest absolute Gasteiger partial charge is 0.105 e. The van der Waals surface area contributed by atoms with Gasteiger partial charge in [-0.3, -0.25) is 0 Å². The number of imidazole rings is 1. The molecular formula is C14H26N2. The van der Waals surface area contributed by atoms with E-state index in [1.54, 1.807) is 0 Å². The van der Waals surface area contributed by atoms with Gasteiger partial charge in [-0.05, 0) is 25.2 Å². The van der Waals surface area contributed by atoms with Crippen molar-refractivity contribution >= 4 is 0 Å². The molecule has 0 aliphatic heterocycles. The van der Waals surface area contributed by atoms with Crippen LogP contribution in [0.3, 0.4) is 0 Å². The van der Waals surface area contributed by atoms with Crippen molar-refractivity contribution in [2.75, 3.05) is 0 Å². The summed E-state index contributed by atoms with van der Waals surface area (Å²) in [6.07, 6.45) is 10.5. The van der Waals surface area contributed by atoms with Gasteiger partial charge in [-0.2, -0.15) is 0 Å². The molecule has 2 heteroatoms. The predicted octanol–water partition coefficient (Wildman–Crippen LogP) is 4.19. The molecule has 1 unspecified atom stereocenters. The number of aromatic nitrogens is 2. The SMILES string of the molecule is CCCCC(C)(CC)CCn1ccnc1C. The van der Waals surface area contributed by atoms with E-state index < -0.39 is 0 Å². The fourth-order valence-corrected chi connectivity index (χ4v) is 2.11. The molecule has 0 aliphatic carbocycles. The van der Waals surface area contributed by atoms with Gasteiger partial charge in [0.15, 0.2) is 0 Å². The first-order valence-corrected chi connectivity index (χ1v) is 6.59. The average Bonchev–Trinajstić information content (AvgIpc) is 2.70. The Bertz CT molecular complexity index is 303. The van der Waals surface area contributed by atoms with Crippen molar-refractivity contribution in [2.24, 2.45) is 5.41 Å². The standard InChI is InChI=1S/C14H26N2/c1-5-7-8-14(4,6-2)9-11-16-12-10-15-13(16)3/h10,12H,5-9,11H2,1-4H3. The summed E-state index contributed by atoms with van der Waals surface area (Å²) in [7, 11) is 0. The van der Waals surface area contributed by atoms with Gasteiger partial charge in [-0.1, -0.05) is 40.0 Å². The van der Waals surface area contributed by atoms with E-state index in [1.165, 1.54) is 32.1 Å². The Labute approximate surface area is 100 Å². The molecule has 0 fully saturated rings. The molecule has 0 amide bonds. The number of nitrogens with zero attached hydrogens (tertiary/aromatic N) is 2. The Hall–Kier alpha value is -0.790. The molecule has 0 aliphatic rings. The quantitative estimate of drug-likeness (QED) is 0.676. The number of rotatable bonds is 7. The molecule has 1 rings (SSSR count). The van der Waals surface area contributed by atoms with Crippen LogP contribution < -0.4 is 0 Å². The molecule has 1 heterocycles. The van der Waals surface area contributed by atoms with E-state index in [0.29, 0.717) is 5.41 Å². The zero-order valence-electron chi connectivity index (χ0n) is 11.3. The predicted molar refractivity (Wildman–Crippen MR) is 69.5 cm³/mol. The van der Waals surface area contributed by atoms with Crippen molar-refractivity contribution < 1.29 is 0 Å². The van der Waals surface area contributed by atoms with Gasteiger partial charge in [0.2, 0.25) is 0 Å². The van der Waals surface area contributed by atoms with Gasteiger partial charge >= 0.3 is 0 Å². The molecule has 92 valence electrons. The summed E-state index contributed by atoms with van der Waals surface area (Å²) in [5, 5.41) is 0. The fraction of sp³-hybridized carbons (Fsp3) is 0.786. The van der Waals surface area contributed by atoms with Gasteiger partial charge in [-0.25, -0.2) is 4.98 Å². The summed E-state index contributed by atoms with van der Waals surface area (Å²) >= 11 is 0. The highest BCUT2D eigenvalue weighted by molar-refractivity contribution is 4.89. The molecule has 0 N–H and O–H groups in total. The molecule has 0 aromatic carbocycles. The van der Waals surface area contributed by atoms with Crippen LogP contribution in [0.5, 0.6) is 0 Å². The lowest BCUT2D eigenvalue weighted by atomic mass is 9.79. The Morgan fingerprint density at radius 1 is 1.31 bits per heavy atom. The lowest BCUT2D eigenvalue weighted by Gasteiger charge is -2.28. The van der Waals surface area contributed by atoms with Crippen LogP contribution >= 0.6 is 0 Å². The molecule has 2 nitrogen and oxygen atoms in total. The molecular weight excluding hydrogens is 196 g/mol. The van der Waals surface area contributed by atoms with E-state index in [-0.39, 0.29) is 0 Å². The van der Waals surface area contributed by atoms with Crippen LogP contribution in [0.1, 0.15) is 58.7 Å². The van der Waals surface area contributed by atoms with Crippen LogP contribution in [0.2, 0.25) is 0 Å². The topological polar surface area (TPSA) is 17.8 Å². The third-order valence-corrected chi connectivity index (χ3v) is 3.87. The summed E-state index contributed by atoms with van der Waals surface area (Å²) in [6.45, 7) is 10.2. The molecule has 0 radical (unpaired) electrons. The van der Waals surface area contributed by atoms with Gasteiger partial charge in [0.25, 0.3) is 0 Å². The monoisotopic (exact) mass is 222 g/mol. The molecule has 1 aromatic rings. The van der Waals surface area contributed by atoms with Crippen LogP contribution in [0.15, 0.2) is 12.4 Å². The van der Waals surface area contributed by atoms with Crippen molar-refractivity contribution in [2.45, 2.75) is 66.3 Å². The second-order valence-corrected chi connectivity index (χ2v) is 5.19. The van der Waals surface area contributed by atoms with Gasteiger partial charge in [0.05, 0.1) is 0 Å². The van der Waals surface area contributed by atoms with Crippen LogP contribution in [-0.4, -0.2) is 9.55 Å². The third-order valence-electron chi connectivity index (χ3n) is 3.87. The number of hydrogen-bond acceptors (Lipinski definition) is 1. The van der Waals surface area contributed by atoms with Crippen LogP contribution in [0.4, 0.5) is 0 Å². The average molecular weight is 222 g/mol. The maximum absolute atomic E-state index is 4.27. The van der Waals surface area contributed by atoms with Crippen molar-refractivity contribution in [1.29, 1.82) is 0 Å². The number of hydrogen-bond donors (Lipinski definition) is 0. The highest BCUT2D eigenvalue weighted by Gasteiger charge is 2.21. The minimum absolute atomic E-state index is 0.507. The van der Waals surface area contributed by atoms with Crippen LogP contribution in [0, 0.1) is 12.3 Å². The second-order valence-electron chi connectivity index (χ2n) is 5.19. The lowest BCUT2D eigenvalue weighted by molar-refractivity contribution is 0.238. The first-order valence-electron chi connectivity index (χ1n) is 6.59. The van der Waals surface area contributed by atoms with Crippen molar-refractivity contribution in [3.63, 3.8) is 0 Å². The maximum atomic E-state index is 4.27. The Kier molecular flexibility index (Phi) is 5.04. The van der Waals surface area contributed by atoms with E-state index in [1.807, 2.05) is 6.20 Å². The first-order chi connectivity index (χ1) is 7.61.